The van der Waals surface area contributed by atoms with E-state index < -0.39 is 0 Å². The van der Waals surface area contributed by atoms with E-state index in [2.05, 4.69) is 18.2 Å². The fraction of sp³-hybridized carbons (Fsp3) is 0.800. The molecule has 0 rings (SSSR count). The van der Waals surface area contributed by atoms with Gasteiger partial charge in [0.2, 0.25) is 0 Å². The van der Waals surface area contributed by atoms with Crippen LogP contribution in [0.5, 0.6) is 0 Å². The Morgan fingerprint density at radius 2 is 2.17 bits per heavy atom. The first kappa shape index (κ1) is 11.5. The predicted octanol–water partition coefficient (Wildman–Crippen LogP) is 1.15. The summed E-state index contributed by atoms with van der Waals surface area (Å²) in [7, 11) is 0. The summed E-state index contributed by atoms with van der Waals surface area (Å²) in [6, 6.07) is 0.175. The number of aliphatic hydroxyl groups is 1. The maximum absolute atomic E-state index is 8.98. The van der Waals surface area contributed by atoms with E-state index in [4.69, 9.17) is 11.5 Å². The largest absolute Gasteiger partial charge is 0.393 e. The summed E-state index contributed by atoms with van der Waals surface area (Å²) < 4.78 is 0. The van der Waals surface area contributed by atoms with E-state index >= 15 is 0 Å². The van der Waals surface area contributed by atoms with Gasteiger partial charge in [0.25, 0.3) is 0 Å². The molecule has 2 unspecified atom stereocenters. The molecule has 2 N–H and O–H groups in total. The Hall–Kier alpha value is -0.520. The lowest BCUT2D eigenvalue weighted by Crippen LogP contribution is -2.29. The van der Waals surface area contributed by atoms with Crippen LogP contribution in [-0.2, 0) is 0 Å². The van der Waals surface area contributed by atoms with Crippen molar-refractivity contribution in [1.29, 1.82) is 0 Å². The van der Waals surface area contributed by atoms with Gasteiger partial charge in [0.05, 0.1) is 12.1 Å². The number of terminal acetylenes is 1. The molecule has 0 fully saturated rings. The first-order valence-corrected chi connectivity index (χ1v) is 4.58. The normalized spacial score (nSPS) is 15.2. The third-order valence-electron chi connectivity index (χ3n) is 1.73. The van der Waals surface area contributed by atoms with Crippen LogP contribution in [0.2, 0.25) is 0 Å². The van der Waals surface area contributed by atoms with Crippen LogP contribution in [0.4, 0.5) is 0 Å². The molecule has 0 aliphatic rings. The second kappa shape index (κ2) is 7.15. The molecule has 0 spiro atoms. The zero-order valence-electron chi connectivity index (χ0n) is 8.01. The van der Waals surface area contributed by atoms with E-state index in [1.165, 1.54) is 0 Å². The van der Waals surface area contributed by atoms with Gasteiger partial charge in [-0.25, -0.2) is 0 Å². The molecular weight excluding hydrogens is 150 g/mol. The summed E-state index contributed by atoms with van der Waals surface area (Å²) >= 11 is 0. The van der Waals surface area contributed by atoms with Crippen molar-refractivity contribution in [2.75, 3.05) is 6.54 Å². The van der Waals surface area contributed by atoms with Crippen LogP contribution in [-0.4, -0.2) is 23.8 Å². The minimum Gasteiger partial charge on any atom is -0.393 e. The highest BCUT2D eigenvalue weighted by molar-refractivity contribution is 4.98. The van der Waals surface area contributed by atoms with Gasteiger partial charge in [-0.15, -0.1) is 6.42 Å². The zero-order valence-corrected chi connectivity index (χ0v) is 8.01. The standard InChI is InChI=1S/C10H19NO/c1-4-6-10(5-2)11-8-7-9(3)12/h2,9-12H,4,6-8H2,1,3H3. The molecule has 0 saturated carbocycles. The van der Waals surface area contributed by atoms with Crippen LogP contribution in [0.3, 0.4) is 0 Å². The van der Waals surface area contributed by atoms with Gasteiger partial charge in [-0.3, -0.25) is 0 Å². The first-order chi connectivity index (χ1) is 5.70. The summed E-state index contributed by atoms with van der Waals surface area (Å²) in [5.74, 6) is 2.68. The van der Waals surface area contributed by atoms with Gasteiger partial charge < -0.3 is 10.4 Å². The van der Waals surface area contributed by atoms with Gasteiger partial charge in [-0.05, 0) is 26.3 Å². The SMILES string of the molecule is C#CC(CCC)NCCC(C)O. The third-order valence-corrected chi connectivity index (χ3v) is 1.73. The maximum atomic E-state index is 8.98. The first-order valence-electron chi connectivity index (χ1n) is 4.58. The lowest BCUT2D eigenvalue weighted by molar-refractivity contribution is 0.183. The Morgan fingerprint density at radius 3 is 2.58 bits per heavy atom. The molecule has 2 heteroatoms. The summed E-state index contributed by atoms with van der Waals surface area (Å²) in [6.45, 7) is 4.69. The zero-order chi connectivity index (χ0) is 9.40. The number of hydrogen-bond acceptors (Lipinski definition) is 2. The smallest absolute Gasteiger partial charge is 0.0686 e. The van der Waals surface area contributed by atoms with E-state index in [1.807, 2.05) is 0 Å². The van der Waals surface area contributed by atoms with Crippen LogP contribution >= 0.6 is 0 Å². The second-order valence-corrected chi connectivity index (χ2v) is 3.10. The lowest BCUT2D eigenvalue weighted by Gasteiger charge is -2.12. The Labute approximate surface area is 75.4 Å². The average molecular weight is 169 g/mol. The van der Waals surface area contributed by atoms with Crippen LogP contribution in [0.15, 0.2) is 0 Å². The molecule has 0 amide bonds. The number of rotatable bonds is 6. The molecule has 0 aromatic carbocycles. The van der Waals surface area contributed by atoms with Crippen LogP contribution < -0.4 is 5.32 Å². The summed E-state index contributed by atoms with van der Waals surface area (Å²) in [5, 5.41) is 12.2. The fourth-order valence-corrected chi connectivity index (χ4v) is 0.999. The van der Waals surface area contributed by atoms with Crippen LogP contribution in [0, 0.1) is 12.3 Å². The highest BCUT2D eigenvalue weighted by Crippen LogP contribution is 1.95. The summed E-state index contributed by atoms with van der Waals surface area (Å²) in [6.07, 6.45) is 7.93. The molecule has 0 saturated heterocycles. The van der Waals surface area contributed by atoms with Gasteiger partial charge in [0, 0.05) is 0 Å². The number of aliphatic hydroxyl groups excluding tert-OH is 1. The van der Waals surface area contributed by atoms with Gasteiger partial charge in [-0.1, -0.05) is 19.3 Å². The molecule has 0 bridgehead atoms. The minimum atomic E-state index is -0.238. The van der Waals surface area contributed by atoms with Gasteiger partial charge in [-0.2, -0.15) is 0 Å². The number of nitrogens with one attached hydrogen (secondary N) is 1. The van der Waals surface area contributed by atoms with Crippen molar-refractivity contribution in [3.63, 3.8) is 0 Å². The quantitative estimate of drug-likeness (QED) is 0.585. The molecule has 0 aromatic heterocycles. The van der Waals surface area contributed by atoms with Gasteiger partial charge in [0.15, 0.2) is 0 Å². The van der Waals surface area contributed by atoms with Crippen LogP contribution in [0.1, 0.15) is 33.1 Å². The molecule has 70 valence electrons. The van der Waals surface area contributed by atoms with Crippen molar-refractivity contribution >= 4 is 0 Å². The minimum absolute atomic E-state index is 0.175. The Bertz CT molecular complexity index is 137. The molecule has 0 aliphatic heterocycles. The molecule has 0 heterocycles. The monoisotopic (exact) mass is 169 g/mol. The van der Waals surface area contributed by atoms with Crippen molar-refractivity contribution < 1.29 is 5.11 Å². The van der Waals surface area contributed by atoms with E-state index in [9.17, 15) is 0 Å². The fourth-order valence-electron chi connectivity index (χ4n) is 0.999. The molecule has 12 heavy (non-hydrogen) atoms. The molecule has 0 aromatic rings. The molecule has 0 aliphatic carbocycles. The van der Waals surface area contributed by atoms with Crippen LogP contribution in [0.25, 0.3) is 0 Å². The van der Waals surface area contributed by atoms with Gasteiger partial charge in [0.1, 0.15) is 0 Å². The average Bonchev–Trinajstić information content (AvgIpc) is 2.02. The molecule has 2 atom stereocenters. The Kier molecular flexibility index (Phi) is 6.84. The topological polar surface area (TPSA) is 32.3 Å². The highest BCUT2D eigenvalue weighted by Gasteiger charge is 2.02. The summed E-state index contributed by atoms with van der Waals surface area (Å²) in [4.78, 5) is 0. The molecule has 2 nitrogen and oxygen atoms in total. The molecule has 0 radical (unpaired) electrons. The third kappa shape index (κ3) is 6.21. The van der Waals surface area contributed by atoms with E-state index in [0.29, 0.717) is 0 Å². The van der Waals surface area contributed by atoms with E-state index in [0.717, 1.165) is 25.8 Å². The number of hydrogen-bond donors (Lipinski definition) is 2. The van der Waals surface area contributed by atoms with Crippen molar-refractivity contribution in [3.05, 3.63) is 0 Å². The van der Waals surface area contributed by atoms with Gasteiger partial charge >= 0.3 is 0 Å². The van der Waals surface area contributed by atoms with Crippen molar-refractivity contribution in [3.8, 4) is 12.3 Å². The molecular formula is C10H19NO. The van der Waals surface area contributed by atoms with Crippen molar-refractivity contribution in [1.82, 2.24) is 5.32 Å². The summed E-state index contributed by atoms with van der Waals surface area (Å²) in [5.41, 5.74) is 0. The lowest BCUT2D eigenvalue weighted by atomic mass is 10.1. The highest BCUT2D eigenvalue weighted by atomic mass is 16.3. The van der Waals surface area contributed by atoms with Crippen molar-refractivity contribution in [2.24, 2.45) is 0 Å². The van der Waals surface area contributed by atoms with Crippen molar-refractivity contribution in [2.45, 2.75) is 45.3 Å². The second-order valence-electron chi connectivity index (χ2n) is 3.10. The Morgan fingerprint density at radius 1 is 1.50 bits per heavy atom. The predicted molar refractivity (Wildman–Crippen MR) is 51.8 cm³/mol. The Balaban J connectivity index is 3.40. The maximum Gasteiger partial charge on any atom is 0.0686 e. The van der Waals surface area contributed by atoms with E-state index in [-0.39, 0.29) is 12.1 Å². The van der Waals surface area contributed by atoms with E-state index in [1.54, 1.807) is 6.92 Å².